The molecule has 0 atom stereocenters. The highest BCUT2D eigenvalue weighted by Crippen LogP contribution is 2.18. The van der Waals surface area contributed by atoms with Crippen LogP contribution in [0.3, 0.4) is 0 Å². The predicted octanol–water partition coefficient (Wildman–Crippen LogP) is 3.08. The highest BCUT2D eigenvalue weighted by Gasteiger charge is 2.12. The van der Waals surface area contributed by atoms with E-state index in [-0.39, 0.29) is 0 Å². The largest absolute Gasteiger partial charge is 0.314 e. The molecule has 1 aromatic rings. The quantitative estimate of drug-likeness (QED) is 0.869. The van der Waals surface area contributed by atoms with E-state index < -0.39 is 0 Å². The van der Waals surface area contributed by atoms with Gasteiger partial charge in [0.25, 0.3) is 0 Å². The lowest BCUT2D eigenvalue weighted by atomic mass is 10.1. The fraction of sp³-hybridized carbons (Fsp3) is 0.667. The Morgan fingerprint density at radius 1 is 1.40 bits per heavy atom. The Kier molecular flexibility index (Phi) is 4.54. The average molecular weight is 241 g/mol. The first-order valence-electron chi connectivity index (χ1n) is 5.70. The molecule has 1 saturated heterocycles. The summed E-state index contributed by atoms with van der Waals surface area (Å²) in [6, 6.07) is 3.00. The summed E-state index contributed by atoms with van der Waals surface area (Å²) in [5.74, 6) is 2.69. The van der Waals surface area contributed by atoms with Crippen molar-refractivity contribution in [2.75, 3.05) is 18.1 Å². The van der Waals surface area contributed by atoms with Gasteiger partial charge >= 0.3 is 0 Å². The highest BCUT2D eigenvalue weighted by atomic mass is 32.2. The second-order valence-electron chi connectivity index (χ2n) is 4.12. The first-order chi connectivity index (χ1) is 7.36. The topological polar surface area (TPSA) is 12.0 Å². The van der Waals surface area contributed by atoms with Gasteiger partial charge in [0, 0.05) is 17.5 Å². The second kappa shape index (κ2) is 5.92. The lowest BCUT2D eigenvalue weighted by Gasteiger charge is -2.22. The molecule has 1 N–H and O–H groups in total. The van der Waals surface area contributed by atoms with E-state index in [0.717, 1.165) is 12.6 Å². The van der Waals surface area contributed by atoms with Crippen molar-refractivity contribution in [3.05, 3.63) is 21.9 Å². The molecule has 3 heteroatoms. The molecule has 1 aliphatic heterocycles. The smallest absolute Gasteiger partial charge is 0.00870 e. The summed E-state index contributed by atoms with van der Waals surface area (Å²) in [5.41, 5.74) is 1.46. The summed E-state index contributed by atoms with van der Waals surface area (Å²) in [7, 11) is 0. The molecular weight excluding hydrogens is 222 g/mol. The summed E-state index contributed by atoms with van der Waals surface area (Å²) >= 11 is 3.99. The molecule has 0 radical (unpaired) electrons. The van der Waals surface area contributed by atoms with Gasteiger partial charge in [-0.25, -0.2) is 0 Å². The van der Waals surface area contributed by atoms with Crippen molar-refractivity contribution in [2.45, 2.75) is 32.2 Å². The normalized spacial score (nSPS) is 18.2. The third-order valence-electron chi connectivity index (χ3n) is 2.97. The van der Waals surface area contributed by atoms with Crippen LogP contribution in [-0.4, -0.2) is 24.1 Å². The maximum atomic E-state index is 3.68. The van der Waals surface area contributed by atoms with Crippen LogP contribution in [0, 0.1) is 6.92 Å². The summed E-state index contributed by atoms with van der Waals surface area (Å²) in [5, 5.41) is 5.88. The van der Waals surface area contributed by atoms with E-state index >= 15 is 0 Å². The van der Waals surface area contributed by atoms with Crippen LogP contribution in [0.1, 0.15) is 23.3 Å². The predicted molar refractivity (Wildman–Crippen MR) is 71.1 cm³/mol. The number of aryl methyl sites for hydroxylation is 1. The van der Waals surface area contributed by atoms with Crippen LogP contribution in [-0.2, 0) is 6.42 Å². The Bertz CT molecular complexity index is 290. The van der Waals surface area contributed by atoms with Gasteiger partial charge in [0.1, 0.15) is 0 Å². The molecule has 0 aliphatic carbocycles. The number of hydrogen-bond donors (Lipinski definition) is 1. The first-order valence-corrected chi connectivity index (χ1v) is 7.74. The average Bonchev–Trinajstić information content (AvgIpc) is 2.66. The van der Waals surface area contributed by atoms with Crippen molar-refractivity contribution in [3.63, 3.8) is 0 Å². The van der Waals surface area contributed by atoms with Gasteiger partial charge in [-0.3, -0.25) is 0 Å². The third kappa shape index (κ3) is 3.51. The van der Waals surface area contributed by atoms with Crippen molar-refractivity contribution in [1.29, 1.82) is 0 Å². The zero-order chi connectivity index (χ0) is 10.5. The van der Waals surface area contributed by atoms with Crippen molar-refractivity contribution < 1.29 is 0 Å². The van der Waals surface area contributed by atoms with Gasteiger partial charge in [-0.05, 0) is 54.7 Å². The molecule has 84 valence electrons. The zero-order valence-corrected chi connectivity index (χ0v) is 10.9. The molecule has 15 heavy (non-hydrogen) atoms. The van der Waals surface area contributed by atoms with Gasteiger partial charge in [0.05, 0.1) is 0 Å². The second-order valence-corrected chi connectivity index (χ2v) is 6.34. The number of hydrogen-bond acceptors (Lipinski definition) is 3. The zero-order valence-electron chi connectivity index (χ0n) is 9.29. The third-order valence-corrected chi connectivity index (χ3v) is 5.11. The number of thioether (sulfide) groups is 1. The lowest BCUT2D eigenvalue weighted by molar-refractivity contribution is 0.487. The van der Waals surface area contributed by atoms with E-state index in [4.69, 9.17) is 0 Å². The van der Waals surface area contributed by atoms with Crippen molar-refractivity contribution >= 4 is 23.1 Å². The lowest BCUT2D eigenvalue weighted by Crippen LogP contribution is -2.33. The van der Waals surface area contributed by atoms with Gasteiger partial charge in [0.2, 0.25) is 0 Å². The molecule has 0 unspecified atom stereocenters. The summed E-state index contributed by atoms with van der Waals surface area (Å²) in [6.45, 7) is 3.36. The van der Waals surface area contributed by atoms with Crippen molar-refractivity contribution in [2.24, 2.45) is 0 Å². The van der Waals surface area contributed by atoms with E-state index in [2.05, 4.69) is 35.4 Å². The van der Waals surface area contributed by atoms with Crippen LogP contribution in [0.2, 0.25) is 0 Å². The Hall–Kier alpha value is 0.01000. The van der Waals surface area contributed by atoms with Crippen LogP contribution in [0.25, 0.3) is 0 Å². The molecule has 0 bridgehead atoms. The van der Waals surface area contributed by atoms with Gasteiger partial charge in [-0.2, -0.15) is 11.8 Å². The highest BCUT2D eigenvalue weighted by molar-refractivity contribution is 7.99. The van der Waals surface area contributed by atoms with Crippen LogP contribution in [0.15, 0.2) is 11.4 Å². The van der Waals surface area contributed by atoms with Crippen LogP contribution in [0.5, 0.6) is 0 Å². The first kappa shape index (κ1) is 11.5. The monoisotopic (exact) mass is 241 g/mol. The fourth-order valence-corrected chi connectivity index (χ4v) is 3.97. The minimum atomic E-state index is 0.784. The fourth-order valence-electron chi connectivity index (χ4n) is 1.95. The summed E-state index contributed by atoms with van der Waals surface area (Å²) in [6.07, 6.45) is 3.91. The maximum absolute atomic E-state index is 3.68. The van der Waals surface area contributed by atoms with Gasteiger partial charge in [-0.15, -0.1) is 11.3 Å². The van der Waals surface area contributed by atoms with E-state index in [0.29, 0.717) is 0 Å². The molecule has 0 spiro atoms. The molecule has 1 aromatic heterocycles. The van der Waals surface area contributed by atoms with Crippen molar-refractivity contribution in [1.82, 2.24) is 5.32 Å². The van der Waals surface area contributed by atoms with Crippen molar-refractivity contribution in [3.8, 4) is 0 Å². The molecule has 0 amide bonds. The molecule has 1 aliphatic rings. The van der Waals surface area contributed by atoms with Gasteiger partial charge in [-0.1, -0.05) is 0 Å². The number of thiophene rings is 1. The van der Waals surface area contributed by atoms with Gasteiger partial charge < -0.3 is 5.32 Å². The molecular formula is C12H19NS2. The van der Waals surface area contributed by atoms with E-state index in [9.17, 15) is 0 Å². The standard InChI is InChI=1S/C12H19NS2/c1-10-3-9-15-12(10)2-6-13-11-4-7-14-8-5-11/h3,9,11,13H,2,4-8H2,1H3. The number of rotatable bonds is 4. The van der Waals surface area contributed by atoms with Crippen LogP contribution < -0.4 is 5.32 Å². The Balaban J connectivity index is 1.68. The van der Waals surface area contributed by atoms with Gasteiger partial charge in [0.15, 0.2) is 0 Å². The molecule has 0 aromatic carbocycles. The Morgan fingerprint density at radius 3 is 2.87 bits per heavy atom. The minimum absolute atomic E-state index is 0.784. The molecule has 0 saturated carbocycles. The van der Waals surface area contributed by atoms with E-state index in [1.807, 2.05) is 11.3 Å². The Morgan fingerprint density at radius 2 is 2.20 bits per heavy atom. The molecule has 1 fully saturated rings. The molecule has 2 heterocycles. The summed E-state index contributed by atoms with van der Waals surface area (Å²) in [4.78, 5) is 1.55. The Labute approximate surface area is 101 Å². The maximum Gasteiger partial charge on any atom is 0.00870 e. The minimum Gasteiger partial charge on any atom is -0.314 e. The molecule has 2 rings (SSSR count). The van der Waals surface area contributed by atoms with Crippen LogP contribution >= 0.6 is 23.1 Å². The molecule has 1 nitrogen and oxygen atoms in total. The summed E-state index contributed by atoms with van der Waals surface area (Å²) < 4.78 is 0. The van der Waals surface area contributed by atoms with Crippen LogP contribution in [0.4, 0.5) is 0 Å². The van der Waals surface area contributed by atoms with E-state index in [1.165, 1.54) is 36.3 Å². The number of nitrogens with one attached hydrogen (secondary N) is 1. The SMILES string of the molecule is Cc1ccsc1CCNC1CCSCC1. The van der Waals surface area contributed by atoms with E-state index in [1.54, 1.807) is 4.88 Å².